The Hall–Kier alpha value is -2.13. The predicted molar refractivity (Wildman–Crippen MR) is 98.6 cm³/mol. The Morgan fingerprint density at radius 1 is 1.08 bits per heavy atom. The number of carbonyl (C=O) groups is 1. The van der Waals surface area contributed by atoms with E-state index in [9.17, 15) is 4.79 Å². The van der Waals surface area contributed by atoms with Crippen molar-refractivity contribution >= 4 is 5.91 Å². The molecule has 0 spiro atoms. The number of likely N-dealkylation sites (tertiary alicyclic amines) is 1. The maximum absolute atomic E-state index is 12.2. The van der Waals surface area contributed by atoms with Crippen molar-refractivity contribution < 1.29 is 4.79 Å². The van der Waals surface area contributed by atoms with Gasteiger partial charge in [-0.3, -0.25) is 9.69 Å². The van der Waals surface area contributed by atoms with Crippen LogP contribution in [0.25, 0.3) is 11.1 Å². The van der Waals surface area contributed by atoms with Gasteiger partial charge in [0.25, 0.3) is 0 Å². The second kappa shape index (κ2) is 7.18. The number of nitrogens with zero attached hydrogens (tertiary/aromatic N) is 1. The minimum atomic E-state index is -0.250. The van der Waals surface area contributed by atoms with E-state index in [0.29, 0.717) is 6.54 Å². The van der Waals surface area contributed by atoms with Crippen molar-refractivity contribution in [3.63, 3.8) is 0 Å². The molecule has 3 nitrogen and oxygen atoms in total. The molecule has 2 aromatic carbocycles. The van der Waals surface area contributed by atoms with Crippen LogP contribution in [0.1, 0.15) is 25.8 Å². The maximum atomic E-state index is 12.2. The Balaban J connectivity index is 1.62. The molecule has 2 aromatic rings. The van der Waals surface area contributed by atoms with Gasteiger partial charge in [-0.1, -0.05) is 54.6 Å². The number of benzene rings is 2. The van der Waals surface area contributed by atoms with Gasteiger partial charge in [-0.15, -0.1) is 0 Å². The molecule has 3 rings (SSSR count). The molecule has 0 radical (unpaired) electrons. The van der Waals surface area contributed by atoms with E-state index >= 15 is 0 Å². The van der Waals surface area contributed by atoms with E-state index in [1.807, 2.05) is 13.0 Å². The fourth-order valence-corrected chi connectivity index (χ4v) is 3.44. The number of rotatable bonds is 5. The molecule has 1 aliphatic heterocycles. The van der Waals surface area contributed by atoms with Crippen molar-refractivity contribution in [3.8, 4) is 11.1 Å². The molecule has 0 saturated carbocycles. The standard InChI is InChI=1S/C21H26N2O/c1-3-22-20(24)21(2)13-14-23(16-21)15-17-9-11-19(12-10-17)18-7-5-4-6-8-18/h4-12H,3,13-16H2,1-2H3,(H,22,24). The van der Waals surface area contributed by atoms with Gasteiger partial charge in [-0.05, 0) is 43.5 Å². The van der Waals surface area contributed by atoms with Crippen LogP contribution in [0.3, 0.4) is 0 Å². The number of carbonyl (C=O) groups excluding carboxylic acids is 1. The third kappa shape index (κ3) is 3.68. The van der Waals surface area contributed by atoms with Crippen LogP contribution < -0.4 is 5.32 Å². The lowest BCUT2D eigenvalue weighted by Gasteiger charge is -2.23. The van der Waals surface area contributed by atoms with Crippen LogP contribution >= 0.6 is 0 Å². The predicted octanol–water partition coefficient (Wildman–Crippen LogP) is 3.70. The summed E-state index contributed by atoms with van der Waals surface area (Å²) in [6.45, 7) is 7.48. The largest absolute Gasteiger partial charge is 0.356 e. The first-order valence-electron chi connectivity index (χ1n) is 8.76. The summed E-state index contributed by atoms with van der Waals surface area (Å²) in [5.41, 5.74) is 3.54. The minimum Gasteiger partial charge on any atom is -0.356 e. The van der Waals surface area contributed by atoms with Crippen LogP contribution in [-0.4, -0.2) is 30.4 Å². The Morgan fingerprint density at radius 3 is 2.42 bits per heavy atom. The Labute approximate surface area is 144 Å². The van der Waals surface area contributed by atoms with Crippen LogP contribution in [0.2, 0.25) is 0 Å². The zero-order chi connectivity index (χ0) is 17.0. The highest BCUT2D eigenvalue weighted by molar-refractivity contribution is 5.82. The lowest BCUT2D eigenvalue weighted by atomic mass is 9.89. The van der Waals surface area contributed by atoms with Crippen LogP contribution in [0, 0.1) is 5.41 Å². The molecule has 1 N–H and O–H groups in total. The molecule has 1 unspecified atom stereocenters. The molecule has 24 heavy (non-hydrogen) atoms. The molecule has 1 fully saturated rings. The van der Waals surface area contributed by atoms with E-state index < -0.39 is 0 Å². The molecule has 1 heterocycles. The number of amides is 1. The van der Waals surface area contributed by atoms with E-state index in [4.69, 9.17) is 0 Å². The van der Waals surface area contributed by atoms with Gasteiger partial charge in [0.1, 0.15) is 0 Å². The van der Waals surface area contributed by atoms with Gasteiger partial charge < -0.3 is 5.32 Å². The van der Waals surface area contributed by atoms with Gasteiger partial charge in [0, 0.05) is 19.6 Å². The van der Waals surface area contributed by atoms with E-state index in [1.54, 1.807) is 0 Å². The maximum Gasteiger partial charge on any atom is 0.227 e. The summed E-state index contributed by atoms with van der Waals surface area (Å²) in [6, 6.07) is 19.2. The van der Waals surface area contributed by atoms with Crippen molar-refractivity contribution in [2.75, 3.05) is 19.6 Å². The van der Waals surface area contributed by atoms with Crippen molar-refractivity contribution in [2.45, 2.75) is 26.8 Å². The molecular formula is C21H26N2O. The second-order valence-corrected chi connectivity index (χ2v) is 6.94. The zero-order valence-electron chi connectivity index (χ0n) is 14.6. The highest BCUT2D eigenvalue weighted by Crippen LogP contribution is 2.31. The van der Waals surface area contributed by atoms with Gasteiger partial charge in [0.05, 0.1) is 5.41 Å². The molecule has 0 aromatic heterocycles. The summed E-state index contributed by atoms with van der Waals surface area (Å²) in [4.78, 5) is 14.6. The van der Waals surface area contributed by atoms with Gasteiger partial charge >= 0.3 is 0 Å². The first kappa shape index (κ1) is 16.7. The summed E-state index contributed by atoms with van der Waals surface area (Å²) in [7, 11) is 0. The van der Waals surface area contributed by atoms with E-state index in [1.165, 1.54) is 16.7 Å². The second-order valence-electron chi connectivity index (χ2n) is 6.94. The molecule has 1 atom stereocenters. The minimum absolute atomic E-state index is 0.187. The molecule has 1 aliphatic rings. The summed E-state index contributed by atoms with van der Waals surface area (Å²) < 4.78 is 0. The Morgan fingerprint density at radius 2 is 1.75 bits per heavy atom. The smallest absolute Gasteiger partial charge is 0.227 e. The van der Waals surface area contributed by atoms with Crippen LogP contribution in [0.4, 0.5) is 0 Å². The first-order valence-corrected chi connectivity index (χ1v) is 8.76. The summed E-state index contributed by atoms with van der Waals surface area (Å²) in [5, 5.41) is 2.97. The quantitative estimate of drug-likeness (QED) is 0.910. The topological polar surface area (TPSA) is 32.3 Å². The van der Waals surface area contributed by atoms with Crippen LogP contribution in [0.15, 0.2) is 54.6 Å². The van der Waals surface area contributed by atoms with Crippen molar-refractivity contribution in [1.29, 1.82) is 0 Å². The molecule has 3 heteroatoms. The average molecular weight is 322 g/mol. The van der Waals surface area contributed by atoms with E-state index in [0.717, 1.165) is 26.1 Å². The Kier molecular flexibility index (Phi) is 5.00. The molecule has 0 aliphatic carbocycles. The van der Waals surface area contributed by atoms with Crippen molar-refractivity contribution in [2.24, 2.45) is 5.41 Å². The van der Waals surface area contributed by atoms with Crippen molar-refractivity contribution in [1.82, 2.24) is 10.2 Å². The molecule has 126 valence electrons. The van der Waals surface area contributed by atoms with E-state index in [2.05, 4.69) is 65.7 Å². The summed E-state index contributed by atoms with van der Waals surface area (Å²) >= 11 is 0. The highest BCUT2D eigenvalue weighted by atomic mass is 16.2. The van der Waals surface area contributed by atoms with Gasteiger partial charge in [-0.25, -0.2) is 0 Å². The lowest BCUT2D eigenvalue weighted by Crippen LogP contribution is -2.40. The fourth-order valence-electron chi connectivity index (χ4n) is 3.44. The normalized spacial score (nSPS) is 20.9. The summed E-state index contributed by atoms with van der Waals surface area (Å²) in [5.74, 6) is 0.187. The highest BCUT2D eigenvalue weighted by Gasteiger charge is 2.39. The zero-order valence-corrected chi connectivity index (χ0v) is 14.6. The van der Waals surface area contributed by atoms with E-state index in [-0.39, 0.29) is 11.3 Å². The molecule has 1 amide bonds. The summed E-state index contributed by atoms with van der Waals surface area (Å²) in [6.07, 6.45) is 0.931. The Bertz CT molecular complexity index is 681. The van der Waals surface area contributed by atoms with Crippen molar-refractivity contribution in [3.05, 3.63) is 60.2 Å². The number of hydrogen-bond donors (Lipinski definition) is 1. The fraction of sp³-hybridized carbons (Fsp3) is 0.381. The molecule has 0 bridgehead atoms. The average Bonchev–Trinajstić information content (AvgIpc) is 2.99. The van der Waals surface area contributed by atoms with Gasteiger partial charge in [0.2, 0.25) is 5.91 Å². The molecular weight excluding hydrogens is 296 g/mol. The van der Waals surface area contributed by atoms with Gasteiger partial charge in [-0.2, -0.15) is 0 Å². The monoisotopic (exact) mass is 322 g/mol. The first-order chi connectivity index (χ1) is 11.6. The third-order valence-corrected chi connectivity index (χ3v) is 4.91. The van der Waals surface area contributed by atoms with Crippen LogP contribution in [-0.2, 0) is 11.3 Å². The third-order valence-electron chi connectivity index (χ3n) is 4.91. The van der Waals surface area contributed by atoms with Gasteiger partial charge in [0.15, 0.2) is 0 Å². The van der Waals surface area contributed by atoms with Crippen LogP contribution in [0.5, 0.6) is 0 Å². The SMILES string of the molecule is CCNC(=O)C1(C)CCN(Cc2ccc(-c3ccccc3)cc2)C1. The lowest BCUT2D eigenvalue weighted by molar-refractivity contribution is -0.129. The molecule has 1 saturated heterocycles. The number of hydrogen-bond acceptors (Lipinski definition) is 2. The number of nitrogens with one attached hydrogen (secondary N) is 1.